The fourth-order valence-electron chi connectivity index (χ4n) is 10.7. The average Bonchev–Trinajstić information content (AvgIpc) is 3.03. The lowest BCUT2D eigenvalue weighted by atomic mass is 9.41. The zero-order chi connectivity index (χ0) is 46.5. The second-order valence-corrected chi connectivity index (χ2v) is 26.6. The first-order chi connectivity index (χ1) is 26.6. The van der Waals surface area contributed by atoms with E-state index in [1.54, 1.807) is 0 Å². The molecule has 0 heterocycles. The molecule has 3 heteroatoms. The van der Waals surface area contributed by atoms with E-state index in [1.165, 1.54) is 27.8 Å². The molecule has 3 aromatic carbocycles. The number of benzene rings is 3. The quantitative estimate of drug-likeness (QED) is 0.217. The third kappa shape index (κ3) is 9.13. The van der Waals surface area contributed by atoms with Gasteiger partial charge in [0.2, 0.25) is 0 Å². The van der Waals surface area contributed by atoms with Gasteiger partial charge in [-0.05, 0) is 131 Å². The number of allylic oxidation sites excluding steroid dienone is 2. The number of phenols is 3. The van der Waals surface area contributed by atoms with Gasteiger partial charge >= 0.3 is 0 Å². The van der Waals surface area contributed by atoms with Crippen molar-refractivity contribution < 1.29 is 15.3 Å². The molecule has 3 aromatic rings. The summed E-state index contributed by atoms with van der Waals surface area (Å²) in [6.07, 6.45) is 2.49. The summed E-state index contributed by atoms with van der Waals surface area (Å²) >= 11 is 0. The maximum Gasteiger partial charge on any atom is 0.123 e. The van der Waals surface area contributed by atoms with Crippen LogP contribution in [0.3, 0.4) is 0 Å². The van der Waals surface area contributed by atoms with Crippen molar-refractivity contribution in [3.8, 4) is 17.2 Å². The zero-order valence-corrected chi connectivity index (χ0v) is 43.0. The van der Waals surface area contributed by atoms with Crippen LogP contribution in [0.15, 0.2) is 47.5 Å². The van der Waals surface area contributed by atoms with Crippen LogP contribution in [-0.4, -0.2) is 15.3 Å². The van der Waals surface area contributed by atoms with Crippen molar-refractivity contribution in [3.63, 3.8) is 0 Å². The Morgan fingerprint density at radius 3 is 0.983 bits per heavy atom. The molecule has 1 aliphatic carbocycles. The summed E-state index contributed by atoms with van der Waals surface area (Å²) in [5.74, 6) is 1.46. The molecular formula is C57H88O3. The highest BCUT2D eigenvalue weighted by atomic mass is 16.3. The van der Waals surface area contributed by atoms with E-state index in [0.29, 0.717) is 17.2 Å². The summed E-state index contributed by atoms with van der Waals surface area (Å²) < 4.78 is 0. The number of hydrogen-bond donors (Lipinski definition) is 3. The maximum absolute atomic E-state index is 11.8. The number of phenolic OH excluding ortho intramolecular Hbond substituents is 3. The Bertz CT molecular complexity index is 2020. The molecule has 0 amide bonds. The summed E-state index contributed by atoms with van der Waals surface area (Å²) in [6.45, 7) is 54.7. The van der Waals surface area contributed by atoms with E-state index < -0.39 is 0 Å². The molecule has 3 nitrogen and oxygen atoms in total. The van der Waals surface area contributed by atoms with Crippen LogP contribution in [0.25, 0.3) is 0 Å². The third-order valence-corrected chi connectivity index (χ3v) is 15.2. The molecule has 0 aliphatic heterocycles. The first-order valence-corrected chi connectivity index (χ1v) is 22.9. The van der Waals surface area contributed by atoms with Crippen molar-refractivity contribution in [2.45, 2.75) is 218 Å². The zero-order valence-electron chi connectivity index (χ0n) is 43.0. The predicted molar refractivity (Wildman–Crippen MR) is 259 cm³/mol. The monoisotopic (exact) mass is 821 g/mol. The van der Waals surface area contributed by atoms with Gasteiger partial charge in [0.05, 0.1) is 0 Å². The van der Waals surface area contributed by atoms with Gasteiger partial charge in [-0.3, -0.25) is 0 Å². The van der Waals surface area contributed by atoms with Crippen molar-refractivity contribution in [2.75, 3.05) is 0 Å². The Morgan fingerprint density at radius 2 is 0.700 bits per heavy atom. The Hall–Kier alpha value is -3.20. The van der Waals surface area contributed by atoms with Gasteiger partial charge in [0.15, 0.2) is 0 Å². The number of rotatable bonds is 6. The van der Waals surface area contributed by atoms with Crippen LogP contribution in [-0.2, 0) is 51.8 Å². The fourth-order valence-corrected chi connectivity index (χ4v) is 10.7. The lowest BCUT2D eigenvalue weighted by molar-refractivity contribution is -0.0633. The minimum Gasteiger partial charge on any atom is -0.507 e. The second kappa shape index (κ2) is 15.3. The van der Waals surface area contributed by atoms with Gasteiger partial charge in [-0.25, -0.2) is 0 Å². The molecule has 0 spiro atoms. The molecule has 0 fully saturated rings. The molecule has 0 radical (unpaired) electrons. The van der Waals surface area contributed by atoms with E-state index >= 15 is 0 Å². The molecule has 334 valence electrons. The SMILES string of the molecule is CC1=C(Cc2cc(C(C)(C)C)c(O)c(C(C)(C)C)c2)C(C)(C)C(C)(Cc2cc(C(C)(C)C)c(O)c(C(C)(C)C)c2)C(C)(C)C1Cc1cc(C(C)(C)C)c(O)c(C(C)(C)C)c1. The van der Waals surface area contributed by atoms with E-state index in [2.05, 4.69) is 203 Å². The minimum atomic E-state index is -0.247. The third-order valence-electron chi connectivity index (χ3n) is 15.2. The summed E-state index contributed by atoms with van der Waals surface area (Å²) in [4.78, 5) is 0. The van der Waals surface area contributed by atoms with Crippen LogP contribution >= 0.6 is 0 Å². The molecule has 2 atom stereocenters. The predicted octanol–water partition coefficient (Wildman–Crippen LogP) is 15.6. The molecule has 1 aliphatic rings. The lowest BCUT2D eigenvalue weighted by Crippen LogP contribution is -2.57. The van der Waals surface area contributed by atoms with Gasteiger partial charge in [-0.2, -0.15) is 0 Å². The maximum atomic E-state index is 11.8. The highest BCUT2D eigenvalue weighted by Crippen LogP contribution is 2.66. The van der Waals surface area contributed by atoms with Gasteiger partial charge in [0.1, 0.15) is 17.2 Å². The Balaban J connectivity index is 2.12. The highest BCUT2D eigenvalue weighted by molar-refractivity contribution is 5.54. The summed E-state index contributed by atoms with van der Waals surface area (Å²) in [7, 11) is 0. The van der Waals surface area contributed by atoms with Crippen LogP contribution in [0.5, 0.6) is 17.2 Å². The van der Waals surface area contributed by atoms with Crippen molar-refractivity contribution in [2.24, 2.45) is 22.2 Å². The van der Waals surface area contributed by atoms with Crippen LogP contribution in [0.2, 0.25) is 0 Å². The first-order valence-electron chi connectivity index (χ1n) is 22.9. The summed E-state index contributed by atoms with van der Waals surface area (Å²) in [5.41, 5.74) is 10.7. The smallest absolute Gasteiger partial charge is 0.123 e. The van der Waals surface area contributed by atoms with Gasteiger partial charge in [0.25, 0.3) is 0 Å². The first kappa shape index (κ1) is 49.5. The molecule has 3 N–H and O–H groups in total. The second-order valence-electron chi connectivity index (χ2n) is 26.6. The molecular weight excluding hydrogens is 733 g/mol. The minimum absolute atomic E-state index is 0.185. The molecule has 0 saturated heterocycles. The van der Waals surface area contributed by atoms with Crippen LogP contribution < -0.4 is 0 Å². The van der Waals surface area contributed by atoms with Crippen LogP contribution in [0, 0.1) is 22.2 Å². The lowest BCUT2D eigenvalue weighted by Gasteiger charge is -2.63. The van der Waals surface area contributed by atoms with Gasteiger partial charge in [-0.15, -0.1) is 0 Å². The summed E-state index contributed by atoms with van der Waals surface area (Å²) in [5, 5.41) is 35.4. The molecule has 0 saturated carbocycles. The number of hydrogen-bond acceptors (Lipinski definition) is 3. The normalized spacial score (nSPS) is 20.5. The van der Waals surface area contributed by atoms with Crippen molar-refractivity contribution in [1.29, 1.82) is 0 Å². The van der Waals surface area contributed by atoms with Crippen LogP contribution in [0.1, 0.15) is 216 Å². The van der Waals surface area contributed by atoms with Gasteiger partial charge in [0, 0.05) is 0 Å². The van der Waals surface area contributed by atoms with E-state index in [-0.39, 0.29) is 54.7 Å². The topological polar surface area (TPSA) is 60.7 Å². The van der Waals surface area contributed by atoms with E-state index in [4.69, 9.17) is 0 Å². The molecule has 0 aromatic heterocycles. The highest BCUT2D eigenvalue weighted by Gasteiger charge is 2.59. The Morgan fingerprint density at radius 1 is 0.433 bits per heavy atom. The Labute approximate surface area is 368 Å². The molecule has 0 bridgehead atoms. The van der Waals surface area contributed by atoms with Gasteiger partial charge in [-0.1, -0.05) is 207 Å². The standard InChI is InChI=1S/C57H88O3/c1-34-38(25-35-27-40(49(2,3)4)46(58)41(28-35)50(5,6)7)55(20,21)57(24,33-37-31-44(53(14,15)16)48(60)45(32-37)54(17,18)19)56(22,23)39(34)26-36-29-42(51(8,9)10)47(59)43(30-36)52(11,12)13/h27-32,38,58-60H,25-26,33H2,1-24H3. The molecule has 60 heavy (non-hydrogen) atoms. The van der Waals surface area contributed by atoms with E-state index in [1.807, 2.05) is 0 Å². The molecule has 2 unspecified atom stereocenters. The number of aromatic hydroxyl groups is 3. The van der Waals surface area contributed by atoms with Gasteiger partial charge < -0.3 is 15.3 Å². The largest absolute Gasteiger partial charge is 0.507 e. The molecule has 4 rings (SSSR count). The Kier molecular flexibility index (Phi) is 12.6. The average molecular weight is 821 g/mol. The van der Waals surface area contributed by atoms with Crippen molar-refractivity contribution in [1.82, 2.24) is 0 Å². The van der Waals surface area contributed by atoms with E-state index in [9.17, 15) is 15.3 Å². The summed E-state index contributed by atoms with van der Waals surface area (Å²) in [6, 6.07) is 13.8. The van der Waals surface area contributed by atoms with E-state index in [0.717, 1.165) is 52.6 Å². The van der Waals surface area contributed by atoms with Crippen LogP contribution in [0.4, 0.5) is 0 Å². The van der Waals surface area contributed by atoms with Crippen molar-refractivity contribution in [3.05, 3.63) is 97.6 Å². The van der Waals surface area contributed by atoms with Crippen molar-refractivity contribution >= 4 is 0 Å². The fraction of sp³-hybridized carbons (Fsp3) is 0.649.